The zero-order chi connectivity index (χ0) is 29.8. The number of hydrogen-bond acceptors (Lipinski definition) is 3. The lowest BCUT2D eigenvalue weighted by Crippen LogP contribution is -2.43. The molecule has 0 spiro atoms. The van der Waals surface area contributed by atoms with Gasteiger partial charge in [0.05, 0.1) is 16.4 Å². The predicted molar refractivity (Wildman–Crippen MR) is 166 cm³/mol. The van der Waals surface area contributed by atoms with Crippen molar-refractivity contribution in [2.75, 3.05) is 23.7 Å². The Kier molecular flexibility index (Phi) is 10.1. The first-order valence-electron chi connectivity index (χ1n) is 14.0. The van der Waals surface area contributed by atoms with Gasteiger partial charge in [0.1, 0.15) is 12.4 Å². The van der Waals surface area contributed by atoms with Gasteiger partial charge in [-0.2, -0.15) is 5.10 Å². The Labute approximate surface area is 244 Å². The molecule has 40 heavy (non-hydrogen) atoms. The summed E-state index contributed by atoms with van der Waals surface area (Å²) in [7, 11) is 0. The summed E-state index contributed by atoms with van der Waals surface area (Å²) in [4.78, 5) is 28.7. The zero-order valence-corrected chi connectivity index (χ0v) is 26.1. The molecule has 0 atom stereocenters. The molecule has 3 amide bonds. The van der Waals surface area contributed by atoms with Crippen LogP contribution in [0.2, 0.25) is 5.02 Å². The number of para-hydroxylation sites is 2. The van der Waals surface area contributed by atoms with Crippen molar-refractivity contribution in [3.63, 3.8) is 0 Å². The summed E-state index contributed by atoms with van der Waals surface area (Å²) < 4.78 is 1.65. The van der Waals surface area contributed by atoms with Crippen LogP contribution in [0.4, 0.5) is 16.3 Å². The van der Waals surface area contributed by atoms with Gasteiger partial charge in [0.15, 0.2) is 0 Å². The Morgan fingerprint density at radius 1 is 0.925 bits per heavy atom. The molecule has 0 radical (unpaired) electrons. The molecule has 216 valence electrons. The number of nitrogens with one attached hydrogen (secondary N) is 2. The van der Waals surface area contributed by atoms with Crippen LogP contribution in [0.25, 0.3) is 5.69 Å². The van der Waals surface area contributed by atoms with Gasteiger partial charge in [0.2, 0.25) is 5.91 Å². The topological polar surface area (TPSA) is 79.3 Å². The van der Waals surface area contributed by atoms with E-state index in [2.05, 4.69) is 59.1 Å². The normalized spacial score (nSPS) is 11.8. The Morgan fingerprint density at radius 2 is 1.52 bits per heavy atom. The maximum atomic E-state index is 13.7. The third kappa shape index (κ3) is 7.66. The van der Waals surface area contributed by atoms with E-state index in [9.17, 15) is 9.59 Å². The minimum absolute atomic E-state index is 0.108. The van der Waals surface area contributed by atoms with Crippen molar-refractivity contribution >= 4 is 35.0 Å². The summed E-state index contributed by atoms with van der Waals surface area (Å²) in [5.74, 6) is 0.825. The lowest BCUT2D eigenvalue weighted by Gasteiger charge is -2.27. The van der Waals surface area contributed by atoms with E-state index in [1.54, 1.807) is 15.6 Å². The molecule has 0 aliphatic carbocycles. The van der Waals surface area contributed by atoms with E-state index in [1.807, 2.05) is 56.3 Å². The molecule has 1 heterocycles. The van der Waals surface area contributed by atoms with Gasteiger partial charge in [-0.1, -0.05) is 104 Å². The fourth-order valence-electron chi connectivity index (χ4n) is 4.54. The van der Waals surface area contributed by atoms with Crippen molar-refractivity contribution in [1.29, 1.82) is 0 Å². The Morgan fingerprint density at radius 3 is 2.05 bits per heavy atom. The molecule has 0 bridgehead atoms. The Balaban J connectivity index is 1.90. The lowest BCUT2D eigenvalue weighted by molar-refractivity contribution is -0.116. The first-order chi connectivity index (χ1) is 18.7. The highest BCUT2D eigenvalue weighted by Crippen LogP contribution is 2.33. The van der Waals surface area contributed by atoms with E-state index in [0.29, 0.717) is 23.1 Å². The second kappa shape index (κ2) is 12.9. The van der Waals surface area contributed by atoms with Gasteiger partial charge in [0.25, 0.3) is 0 Å². The van der Waals surface area contributed by atoms with E-state index >= 15 is 0 Å². The number of nitrogens with zero attached hydrogens (tertiary/aromatic N) is 3. The molecular formula is C32H44ClN5O2. The predicted octanol–water partition coefficient (Wildman–Crippen LogP) is 8.20. The quantitative estimate of drug-likeness (QED) is 0.274. The largest absolute Gasteiger partial charge is 0.322 e. The van der Waals surface area contributed by atoms with Crippen LogP contribution in [0.1, 0.15) is 91.0 Å². The van der Waals surface area contributed by atoms with Gasteiger partial charge in [-0.25, -0.2) is 9.48 Å². The van der Waals surface area contributed by atoms with Crippen LogP contribution >= 0.6 is 11.6 Å². The average Bonchev–Trinajstić information content (AvgIpc) is 3.27. The highest BCUT2D eigenvalue weighted by atomic mass is 35.5. The van der Waals surface area contributed by atoms with E-state index in [4.69, 9.17) is 16.7 Å². The molecule has 3 aromatic rings. The van der Waals surface area contributed by atoms with Crippen molar-refractivity contribution in [3.8, 4) is 5.69 Å². The van der Waals surface area contributed by atoms with Gasteiger partial charge >= 0.3 is 6.03 Å². The molecule has 1 aromatic heterocycles. The molecule has 0 saturated heterocycles. The highest BCUT2D eigenvalue weighted by Gasteiger charge is 2.25. The molecule has 2 N–H and O–H groups in total. The summed E-state index contributed by atoms with van der Waals surface area (Å²) in [5, 5.41) is 11.4. The van der Waals surface area contributed by atoms with Crippen LogP contribution in [0.15, 0.2) is 48.5 Å². The van der Waals surface area contributed by atoms with E-state index in [1.165, 1.54) is 0 Å². The molecule has 3 rings (SSSR count). The fourth-order valence-corrected chi connectivity index (χ4v) is 4.76. The van der Waals surface area contributed by atoms with Gasteiger partial charge in [-0.15, -0.1) is 0 Å². The van der Waals surface area contributed by atoms with Gasteiger partial charge < -0.3 is 15.5 Å². The maximum Gasteiger partial charge on any atom is 0.322 e. The molecular weight excluding hydrogens is 522 g/mol. The van der Waals surface area contributed by atoms with Crippen molar-refractivity contribution < 1.29 is 9.59 Å². The maximum absolute atomic E-state index is 13.7. The molecule has 0 unspecified atom stereocenters. The summed E-state index contributed by atoms with van der Waals surface area (Å²) in [5.41, 5.74) is 4.22. The third-order valence-corrected chi connectivity index (χ3v) is 6.96. The van der Waals surface area contributed by atoms with Gasteiger partial charge in [-0.3, -0.25) is 4.79 Å². The van der Waals surface area contributed by atoms with Crippen molar-refractivity contribution in [3.05, 3.63) is 70.4 Å². The third-order valence-electron chi connectivity index (χ3n) is 6.64. The number of aromatic nitrogens is 2. The van der Waals surface area contributed by atoms with E-state index in [-0.39, 0.29) is 41.7 Å². The SMILES string of the molecule is CC(C)CN(CC(=O)Nc1cc(C(C)(C)C)nn1-c1ccccc1Cl)C(=O)Nc1c(C(C)C)cccc1C(C)C. The molecule has 0 saturated carbocycles. The molecule has 7 nitrogen and oxygen atoms in total. The lowest BCUT2D eigenvalue weighted by atomic mass is 9.92. The number of urea groups is 1. The Hall–Kier alpha value is -3.32. The second-order valence-corrected chi connectivity index (χ2v) is 12.8. The average molecular weight is 566 g/mol. The number of hydrogen-bond donors (Lipinski definition) is 2. The monoisotopic (exact) mass is 565 g/mol. The number of rotatable bonds is 9. The van der Waals surface area contributed by atoms with Gasteiger partial charge in [-0.05, 0) is 41.0 Å². The van der Waals surface area contributed by atoms with Crippen LogP contribution < -0.4 is 10.6 Å². The molecule has 0 aliphatic rings. The van der Waals surface area contributed by atoms with Crippen LogP contribution in [0, 0.1) is 5.92 Å². The Bertz CT molecular complexity index is 1310. The zero-order valence-electron chi connectivity index (χ0n) is 25.3. The van der Waals surface area contributed by atoms with Crippen LogP contribution in [-0.4, -0.2) is 39.7 Å². The van der Waals surface area contributed by atoms with Crippen molar-refractivity contribution in [2.45, 2.75) is 79.6 Å². The molecule has 0 aliphatic heterocycles. The minimum atomic E-state index is -0.314. The minimum Gasteiger partial charge on any atom is -0.315 e. The number of amides is 3. The van der Waals surface area contributed by atoms with Crippen LogP contribution in [0.5, 0.6) is 0 Å². The smallest absolute Gasteiger partial charge is 0.315 e. The van der Waals surface area contributed by atoms with Crippen LogP contribution in [0.3, 0.4) is 0 Å². The molecule has 8 heteroatoms. The number of halogens is 1. The summed E-state index contributed by atoms with van der Waals surface area (Å²) in [6, 6.07) is 15.1. The van der Waals surface area contributed by atoms with Crippen molar-refractivity contribution in [1.82, 2.24) is 14.7 Å². The molecule has 0 fully saturated rings. The van der Waals surface area contributed by atoms with Crippen LogP contribution in [-0.2, 0) is 10.2 Å². The summed E-state index contributed by atoms with van der Waals surface area (Å²) in [6.07, 6.45) is 0. The fraction of sp³-hybridized carbons (Fsp3) is 0.469. The summed E-state index contributed by atoms with van der Waals surface area (Å²) in [6.45, 7) is 19.0. The van der Waals surface area contributed by atoms with E-state index in [0.717, 1.165) is 22.5 Å². The molecule has 2 aromatic carbocycles. The van der Waals surface area contributed by atoms with Gasteiger partial charge in [0, 0.05) is 23.7 Å². The number of carbonyl (C=O) groups excluding carboxylic acids is 2. The number of carbonyl (C=O) groups is 2. The standard InChI is InChI=1S/C32H44ClN5O2/c1-20(2)18-37(31(40)35-30-23(21(3)4)13-12-14-24(30)22(5)6)19-29(39)34-28-17-27(32(7,8)9)36-38(28)26-16-11-10-15-25(26)33/h10-17,20-22H,18-19H2,1-9H3,(H,34,39)(H,35,40). The van der Waals surface area contributed by atoms with Crippen molar-refractivity contribution in [2.24, 2.45) is 5.92 Å². The second-order valence-electron chi connectivity index (χ2n) is 12.4. The summed E-state index contributed by atoms with van der Waals surface area (Å²) >= 11 is 6.49. The van der Waals surface area contributed by atoms with E-state index < -0.39 is 0 Å². The first kappa shape index (κ1) is 31.2. The highest BCUT2D eigenvalue weighted by molar-refractivity contribution is 6.32. The number of benzene rings is 2. The first-order valence-corrected chi connectivity index (χ1v) is 14.4. The number of anilines is 2.